The van der Waals surface area contributed by atoms with Gasteiger partial charge in [-0.3, -0.25) is 0 Å². The topological polar surface area (TPSA) is 66.8 Å². The molecule has 0 heterocycles. The van der Waals surface area contributed by atoms with Gasteiger partial charge in [-0.25, -0.2) is 4.79 Å². The average molecular weight is 447 g/mol. The van der Waals surface area contributed by atoms with Gasteiger partial charge in [0.2, 0.25) is 0 Å². The average Bonchev–Trinajstić information content (AvgIpc) is 2.80. The Hall–Kier alpha value is -2.59. The molecule has 4 fully saturated rings. The molecule has 4 saturated carbocycles. The summed E-state index contributed by atoms with van der Waals surface area (Å²) in [7, 11) is 0. The maximum Gasteiger partial charge on any atom is 0.328 e. The van der Waals surface area contributed by atoms with Crippen LogP contribution in [0.4, 0.5) is 0 Å². The van der Waals surface area contributed by atoms with Crippen LogP contribution in [0.3, 0.4) is 0 Å². The second kappa shape index (κ2) is 9.34. The van der Waals surface area contributed by atoms with Crippen LogP contribution in [0.15, 0.2) is 48.5 Å². The zero-order chi connectivity index (χ0) is 22.8. The molecule has 4 bridgehead atoms. The van der Waals surface area contributed by atoms with Crippen LogP contribution in [0.2, 0.25) is 0 Å². The number of unbranched alkanes of at least 4 members (excludes halogenated alkanes) is 1. The molecule has 2 aromatic rings. The van der Waals surface area contributed by atoms with Gasteiger partial charge in [0.1, 0.15) is 5.75 Å². The summed E-state index contributed by atoms with van der Waals surface area (Å²) >= 11 is 0. The molecule has 4 nitrogen and oxygen atoms in total. The highest BCUT2D eigenvalue weighted by Gasteiger charge is 2.52. The molecule has 0 spiro atoms. The Morgan fingerprint density at radius 1 is 0.939 bits per heavy atom. The van der Waals surface area contributed by atoms with Crippen LogP contribution in [0.1, 0.15) is 62.5 Å². The van der Waals surface area contributed by atoms with Gasteiger partial charge in [0.15, 0.2) is 0 Å². The molecule has 0 radical (unpaired) electrons. The molecular formula is C29H34O4. The third-order valence-corrected chi connectivity index (χ3v) is 8.06. The van der Waals surface area contributed by atoms with Crippen LogP contribution in [-0.2, 0) is 10.2 Å². The van der Waals surface area contributed by atoms with E-state index < -0.39 is 5.97 Å². The van der Waals surface area contributed by atoms with Gasteiger partial charge in [-0.15, -0.1) is 0 Å². The Morgan fingerprint density at radius 2 is 1.58 bits per heavy atom. The Morgan fingerprint density at radius 3 is 2.18 bits per heavy atom. The quantitative estimate of drug-likeness (QED) is 0.362. The SMILES string of the molecule is O=C(O)/C=C/c1ccc(-c2ccc(OCCCCO)c(C34CC5CC(CC(C5)C3)C4)c2)cc1. The number of carbonyl (C=O) groups is 1. The molecule has 0 aromatic heterocycles. The lowest BCUT2D eigenvalue weighted by molar-refractivity contribution is -0.131. The van der Waals surface area contributed by atoms with Gasteiger partial charge in [0, 0.05) is 18.2 Å². The molecule has 33 heavy (non-hydrogen) atoms. The lowest BCUT2D eigenvalue weighted by atomic mass is 9.48. The van der Waals surface area contributed by atoms with E-state index in [-0.39, 0.29) is 12.0 Å². The van der Waals surface area contributed by atoms with Crippen molar-refractivity contribution in [1.29, 1.82) is 0 Å². The zero-order valence-electron chi connectivity index (χ0n) is 19.2. The standard InChI is InChI=1S/C29H34O4/c30-11-1-2-12-33-27-9-8-25(24-6-3-20(4-7-24)5-10-28(31)32)16-26(27)29-17-21-13-22(18-29)15-23(14-21)19-29/h3-10,16,21-23,30H,1-2,11-15,17-19H2,(H,31,32)/b10-5+. The summed E-state index contributed by atoms with van der Waals surface area (Å²) in [6, 6.07) is 14.8. The predicted octanol–water partition coefficient (Wildman–Crippen LogP) is 6.07. The van der Waals surface area contributed by atoms with Crippen molar-refractivity contribution in [3.63, 3.8) is 0 Å². The number of carboxylic acid groups (broad SMARTS) is 1. The minimum absolute atomic E-state index is 0.210. The van der Waals surface area contributed by atoms with E-state index in [0.29, 0.717) is 6.61 Å². The molecule has 2 aromatic carbocycles. The minimum atomic E-state index is -0.936. The molecule has 2 N–H and O–H groups in total. The van der Waals surface area contributed by atoms with Gasteiger partial charge >= 0.3 is 5.97 Å². The minimum Gasteiger partial charge on any atom is -0.493 e. The highest BCUT2D eigenvalue weighted by Crippen LogP contribution is 2.62. The number of aliphatic hydroxyl groups is 1. The van der Waals surface area contributed by atoms with Crippen LogP contribution < -0.4 is 4.74 Å². The maximum atomic E-state index is 10.8. The Balaban J connectivity index is 1.46. The number of hydrogen-bond acceptors (Lipinski definition) is 3. The van der Waals surface area contributed by atoms with Crippen LogP contribution in [0, 0.1) is 17.8 Å². The van der Waals surface area contributed by atoms with E-state index in [9.17, 15) is 4.79 Å². The first-order valence-electron chi connectivity index (χ1n) is 12.4. The number of aliphatic hydroxyl groups excluding tert-OH is 1. The number of ether oxygens (including phenoxy) is 1. The van der Waals surface area contributed by atoms with Gasteiger partial charge in [0.25, 0.3) is 0 Å². The van der Waals surface area contributed by atoms with Crippen molar-refractivity contribution in [1.82, 2.24) is 0 Å². The van der Waals surface area contributed by atoms with Crippen molar-refractivity contribution in [2.45, 2.75) is 56.8 Å². The highest BCUT2D eigenvalue weighted by molar-refractivity contribution is 5.85. The Kier molecular flexibility index (Phi) is 6.29. The third-order valence-electron chi connectivity index (χ3n) is 8.06. The second-order valence-electron chi connectivity index (χ2n) is 10.5. The van der Waals surface area contributed by atoms with Crippen LogP contribution >= 0.6 is 0 Å². The first kappa shape index (κ1) is 22.2. The maximum absolute atomic E-state index is 10.8. The molecule has 0 unspecified atom stereocenters. The fourth-order valence-electron chi connectivity index (χ4n) is 7.04. The van der Waals surface area contributed by atoms with E-state index in [1.54, 1.807) is 6.08 Å². The van der Waals surface area contributed by atoms with Crippen molar-refractivity contribution in [2.75, 3.05) is 13.2 Å². The van der Waals surface area contributed by atoms with E-state index in [2.05, 4.69) is 30.3 Å². The van der Waals surface area contributed by atoms with Crippen molar-refractivity contribution in [3.8, 4) is 16.9 Å². The fraction of sp³-hybridized carbons (Fsp3) is 0.483. The van der Waals surface area contributed by atoms with Gasteiger partial charge < -0.3 is 14.9 Å². The lowest BCUT2D eigenvalue weighted by Gasteiger charge is -2.57. The molecule has 4 heteroatoms. The number of benzene rings is 2. The number of aliphatic carboxylic acids is 1. The fourth-order valence-corrected chi connectivity index (χ4v) is 7.04. The molecule has 0 saturated heterocycles. The van der Waals surface area contributed by atoms with E-state index in [1.807, 2.05) is 12.1 Å². The second-order valence-corrected chi connectivity index (χ2v) is 10.5. The molecule has 174 valence electrons. The summed E-state index contributed by atoms with van der Waals surface area (Å²) in [5.41, 5.74) is 4.84. The van der Waals surface area contributed by atoms with Gasteiger partial charge in [-0.2, -0.15) is 0 Å². The molecule has 0 aliphatic heterocycles. The van der Waals surface area contributed by atoms with Crippen molar-refractivity contribution >= 4 is 12.0 Å². The third kappa shape index (κ3) is 4.72. The monoisotopic (exact) mass is 446 g/mol. The van der Waals surface area contributed by atoms with Gasteiger partial charge in [-0.05, 0) is 109 Å². The first-order chi connectivity index (χ1) is 16.0. The number of carboxylic acids is 1. The summed E-state index contributed by atoms with van der Waals surface area (Å²) in [6.45, 7) is 0.853. The van der Waals surface area contributed by atoms with E-state index in [0.717, 1.165) is 47.5 Å². The van der Waals surface area contributed by atoms with E-state index in [1.165, 1.54) is 55.7 Å². The number of hydrogen-bond donors (Lipinski definition) is 2. The predicted molar refractivity (Wildman–Crippen MR) is 130 cm³/mol. The molecule has 4 aliphatic carbocycles. The van der Waals surface area contributed by atoms with Crippen molar-refractivity contribution in [3.05, 3.63) is 59.7 Å². The number of rotatable bonds is 9. The normalized spacial score (nSPS) is 27.8. The van der Waals surface area contributed by atoms with Crippen molar-refractivity contribution in [2.24, 2.45) is 17.8 Å². The van der Waals surface area contributed by atoms with Crippen LogP contribution in [-0.4, -0.2) is 29.4 Å². The van der Waals surface area contributed by atoms with E-state index in [4.69, 9.17) is 14.9 Å². The molecule has 6 rings (SSSR count). The Labute approximate surface area is 196 Å². The molecular weight excluding hydrogens is 412 g/mol. The van der Waals surface area contributed by atoms with E-state index >= 15 is 0 Å². The summed E-state index contributed by atoms with van der Waals surface area (Å²) in [4.78, 5) is 10.8. The summed E-state index contributed by atoms with van der Waals surface area (Å²) < 4.78 is 6.32. The zero-order valence-corrected chi connectivity index (χ0v) is 19.2. The first-order valence-corrected chi connectivity index (χ1v) is 12.4. The largest absolute Gasteiger partial charge is 0.493 e. The highest BCUT2D eigenvalue weighted by atomic mass is 16.5. The van der Waals surface area contributed by atoms with Crippen LogP contribution in [0.25, 0.3) is 17.2 Å². The smallest absolute Gasteiger partial charge is 0.328 e. The van der Waals surface area contributed by atoms with Crippen LogP contribution in [0.5, 0.6) is 5.75 Å². The molecule has 0 amide bonds. The van der Waals surface area contributed by atoms with Gasteiger partial charge in [-0.1, -0.05) is 30.3 Å². The van der Waals surface area contributed by atoms with Gasteiger partial charge in [0.05, 0.1) is 6.61 Å². The molecule has 0 atom stereocenters. The summed E-state index contributed by atoms with van der Waals surface area (Å²) in [6.07, 6.45) is 12.5. The summed E-state index contributed by atoms with van der Waals surface area (Å²) in [5, 5.41) is 18.0. The Bertz CT molecular complexity index is 985. The summed E-state index contributed by atoms with van der Waals surface area (Å²) in [5.74, 6) is 2.68. The molecule has 4 aliphatic rings. The lowest BCUT2D eigenvalue weighted by Crippen LogP contribution is -2.48. The van der Waals surface area contributed by atoms with Crippen molar-refractivity contribution < 1.29 is 19.7 Å².